The van der Waals surface area contributed by atoms with Crippen molar-refractivity contribution in [2.24, 2.45) is 11.3 Å². The summed E-state index contributed by atoms with van der Waals surface area (Å²) in [6, 6.07) is 14.3. The van der Waals surface area contributed by atoms with Gasteiger partial charge in [-0.2, -0.15) is 18.4 Å². The van der Waals surface area contributed by atoms with Gasteiger partial charge >= 0.3 is 6.18 Å². The molecule has 2 aromatic carbocycles. The number of anilines is 1. The molecule has 4 rings (SSSR count). The van der Waals surface area contributed by atoms with E-state index in [4.69, 9.17) is 10.00 Å². The number of nitrogens with zero attached hydrogens (tertiary/aromatic N) is 3. The van der Waals surface area contributed by atoms with Crippen molar-refractivity contribution in [3.8, 4) is 6.07 Å². The molecule has 0 aliphatic carbocycles. The van der Waals surface area contributed by atoms with Gasteiger partial charge in [-0.3, -0.25) is 0 Å². The number of ether oxygens (including phenoxy) is 1. The fourth-order valence-corrected chi connectivity index (χ4v) is 6.84. The average molecular weight is 494 g/mol. The monoisotopic (exact) mass is 493 g/mol. The van der Waals surface area contributed by atoms with Crippen LogP contribution in [0.3, 0.4) is 0 Å². The second kappa shape index (κ2) is 9.21. The van der Waals surface area contributed by atoms with E-state index < -0.39 is 32.7 Å². The molecule has 0 spiro atoms. The zero-order chi connectivity index (χ0) is 24.6. The number of sulfonamides is 1. The van der Waals surface area contributed by atoms with E-state index in [9.17, 15) is 21.6 Å². The van der Waals surface area contributed by atoms with Crippen LogP contribution in [-0.4, -0.2) is 52.6 Å². The third-order valence-electron chi connectivity index (χ3n) is 6.84. The normalized spacial score (nSPS) is 23.5. The summed E-state index contributed by atoms with van der Waals surface area (Å²) in [6.07, 6.45) is -4.05. The van der Waals surface area contributed by atoms with E-state index in [0.717, 1.165) is 6.07 Å². The minimum atomic E-state index is -4.64. The predicted molar refractivity (Wildman–Crippen MR) is 121 cm³/mol. The number of benzene rings is 2. The van der Waals surface area contributed by atoms with Crippen LogP contribution in [0.5, 0.6) is 0 Å². The molecule has 0 saturated carbocycles. The topological polar surface area (TPSA) is 73.6 Å². The smallest absolute Gasteiger partial charge is 0.384 e. The predicted octanol–water partition coefficient (Wildman–Crippen LogP) is 3.88. The van der Waals surface area contributed by atoms with Crippen LogP contribution in [0, 0.1) is 22.7 Å². The number of rotatable bonds is 6. The first-order chi connectivity index (χ1) is 16.1. The van der Waals surface area contributed by atoms with Crippen LogP contribution in [0.2, 0.25) is 0 Å². The van der Waals surface area contributed by atoms with Gasteiger partial charge in [0, 0.05) is 44.4 Å². The highest BCUT2D eigenvalue weighted by atomic mass is 32.2. The molecular formula is C24H26F3N3O3S. The van der Waals surface area contributed by atoms with Crippen LogP contribution >= 0.6 is 0 Å². The number of hydrogen-bond donors (Lipinski definition) is 0. The molecule has 2 saturated heterocycles. The largest absolute Gasteiger partial charge is 0.417 e. The number of halogens is 3. The third kappa shape index (κ3) is 4.78. The summed E-state index contributed by atoms with van der Waals surface area (Å²) in [5, 5.41) is 9.09. The molecule has 182 valence electrons. The van der Waals surface area contributed by atoms with E-state index in [1.54, 1.807) is 37.4 Å². The maximum absolute atomic E-state index is 13.5. The number of alkyl halides is 3. The summed E-state index contributed by atoms with van der Waals surface area (Å²) < 4.78 is 73.8. The molecule has 6 nitrogen and oxygen atoms in total. The lowest BCUT2D eigenvalue weighted by molar-refractivity contribution is -0.137. The molecule has 0 radical (unpaired) electrons. The Bertz CT molecular complexity index is 1180. The van der Waals surface area contributed by atoms with E-state index in [0.29, 0.717) is 43.9 Å². The number of hydrogen-bond acceptors (Lipinski definition) is 5. The molecule has 34 heavy (non-hydrogen) atoms. The van der Waals surface area contributed by atoms with Gasteiger partial charge in [-0.25, -0.2) is 12.7 Å². The standard InChI is InChI=1S/C24H26F3N3O3S/c1-33-17-23-15-29(21-8-7-19(12-28)22(11-21)24(25,26)27)13-20(23)9-10-30(16-23)34(31,32)14-18-5-3-2-4-6-18/h2-8,11,20H,9-10,13-17H2,1H3/t20-,23-/m1/s1. The highest BCUT2D eigenvalue weighted by Gasteiger charge is 2.52. The van der Waals surface area contributed by atoms with Crippen molar-refractivity contribution in [1.29, 1.82) is 5.26 Å². The van der Waals surface area contributed by atoms with Crippen LogP contribution in [0.25, 0.3) is 0 Å². The maximum Gasteiger partial charge on any atom is 0.417 e. The Labute approximate surface area is 197 Å². The third-order valence-corrected chi connectivity index (χ3v) is 8.64. The Hall–Kier alpha value is -2.61. The Morgan fingerprint density at radius 2 is 1.91 bits per heavy atom. The maximum atomic E-state index is 13.5. The highest BCUT2D eigenvalue weighted by Crippen LogP contribution is 2.45. The zero-order valence-electron chi connectivity index (χ0n) is 18.8. The summed E-state index contributed by atoms with van der Waals surface area (Å²) in [5.74, 6) is -0.0313. The first-order valence-electron chi connectivity index (χ1n) is 10.9. The number of methoxy groups -OCH3 is 1. The molecule has 0 bridgehead atoms. The molecule has 10 heteroatoms. The highest BCUT2D eigenvalue weighted by molar-refractivity contribution is 7.88. The molecule has 2 fully saturated rings. The SMILES string of the molecule is COC[C@]12CN(c3ccc(C#N)c(C(F)(F)F)c3)C[C@H]1CCN(S(=O)(=O)Cc1ccccc1)C2. The van der Waals surface area contributed by atoms with Crippen LogP contribution in [0.15, 0.2) is 48.5 Å². The molecule has 2 aromatic rings. The molecule has 2 aliphatic rings. The second-order valence-electron chi connectivity index (χ2n) is 9.08. The van der Waals surface area contributed by atoms with E-state index in [1.807, 2.05) is 11.0 Å². The summed E-state index contributed by atoms with van der Waals surface area (Å²) >= 11 is 0. The first-order valence-corrected chi connectivity index (χ1v) is 12.6. The summed E-state index contributed by atoms with van der Waals surface area (Å²) in [4.78, 5) is 1.85. The van der Waals surface area contributed by atoms with Gasteiger partial charge in [-0.1, -0.05) is 30.3 Å². The van der Waals surface area contributed by atoms with Crippen LogP contribution in [0.4, 0.5) is 18.9 Å². The summed E-state index contributed by atoms with van der Waals surface area (Å²) in [5.41, 5.74) is -0.846. The summed E-state index contributed by atoms with van der Waals surface area (Å²) in [7, 11) is -2.02. The van der Waals surface area contributed by atoms with Crippen LogP contribution < -0.4 is 4.90 Å². The Balaban J connectivity index is 1.59. The van der Waals surface area contributed by atoms with Crippen molar-refractivity contribution in [2.75, 3.05) is 44.8 Å². The Morgan fingerprint density at radius 1 is 1.18 bits per heavy atom. The van der Waals surface area contributed by atoms with Gasteiger partial charge in [0.15, 0.2) is 0 Å². The lowest BCUT2D eigenvalue weighted by Crippen LogP contribution is -2.53. The number of nitriles is 1. The lowest BCUT2D eigenvalue weighted by atomic mass is 9.74. The molecule has 0 unspecified atom stereocenters. The fraction of sp³-hybridized carbons (Fsp3) is 0.458. The molecule has 0 aromatic heterocycles. The van der Waals surface area contributed by atoms with E-state index in [1.165, 1.54) is 16.4 Å². The van der Waals surface area contributed by atoms with Gasteiger partial charge in [-0.05, 0) is 36.1 Å². The fourth-order valence-electron chi connectivity index (χ4n) is 5.21. The van der Waals surface area contributed by atoms with Crippen LogP contribution in [-0.2, 0) is 26.7 Å². The number of piperidine rings is 1. The Kier molecular flexibility index (Phi) is 6.64. The molecule has 0 N–H and O–H groups in total. The molecular weight excluding hydrogens is 467 g/mol. The van der Waals surface area contributed by atoms with E-state index >= 15 is 0 Å². The van der Waals surface area contributed by atoms with Gasteiger partial charge in [0.05, 0.1) is 29.6 Å². The molecule has 0 amide bonds. The van der Waals surface area contributed by atoms with Gasteiger partial charge in [0.1, 0.15) is 0 Å². The minimum absolute atomic E-state index is 0.0700. The average Bonchev–Trinajstić information content (AvgIpc) is 3.17. The Morgan fingerprint density at radius 3 is 2.56 bits per heavy atom. The quantitative estimate of drug-likeness (QED) is 0.611. The minimum Gasteiger partial charge on any atom is -0.384 e. The van der Waals surface area contributed by atoms with Gasteiger partial charge in [0.25, 0.3) is 0 Å². The molecule has 2 heterocycles. The van der Waals surface area contributed by atoms with Crippen molar-refractivity contribution in [3.63, 3.8) is 0 Å². The van der Waals surface area contributed by atoms with Gasteiger partial charge in [-0.15, -0.1) is 0 Å². The molecule has 2 atom stereocenters. The van der Waals surface area contributed by atoms with Gasteiger partial charge in [0.2, 0.25) is 10.0 Å². The van der Waals surface area contributed by atoms with Crippen molar-refractivity contribution in [1.82, 2.24) is 4.31 Å². The van der Waals surface area contributed by atoms with E-state index in [2.05, 4.69) is 0 Å². The van der Waals surface area contributed by atoms with Gasteiger partial charge < -0.3 is 9.64 Å². The van der Waals surface area contributed by atoms with Crippen molar-refractivity contribution in [2.45, 2.75) is 18.3 Å². The lowest BCUT2D eigenvalue weighted by Gasteiger charge is -2.43. The van der Waals surface area contributed by atoms with Crippen molar-refractivity contribution in [3.05, 3.63) is 65.2 Å². The van der Waals surface area contributed by atoms with Crippen molar-refractivity contribution >= 4 is 15.7 Å². The zero-order valence-corrected chi connectivity index (χ0v) is 19.6. The summed E-state index contributed by atoms with van der Waals surface area (Å²) in [6.45, 7) is 1.78. The molecule has 2 aliphatic heterocycles. The van der Waals surface area contributed by atoms with Crippen molar-refractivity contribution < 1.29 is 26.3 Å². The van der Waals surface area contributed by atoms with Crippen LogP contribution in [0.1, 0.15) is 23.1 Å². The second-order valence-corrected chi connectivity index (χ2v) is 11.0. The number of fused-ring (bicyclic) bond motifs is 1. The van der Waals surface area contributed by atoms with E-state index in [-0.39, 0.29) is 18.2 Å². The first kappa shape index (κ1) is 24.5.